The highest BCUT2D eigenvalue weighted by molar-refractivity contribution is 6.22. The van der Waals surface area contributed by atoms with Crippen LogP contribution in [0.4, 0.5) is 19.0 Å². The second-order valence-corrected chi connectivity index (χ2v) is 7.92. The number of nitrogens with one attached hydrogen (secondary N) is 1. The van der Waals surface area contributed by atoms with Crippen LogP contribution < -0.4 is 5.32 Å². The van der Waals surface area contributed by atoms with Crippen molar-refractivity contribution in [2.45, 2.75) is 25.9 Å². The molecule has 3 amide bonds. The smallest absolute Gasteiger partial charge is 0.309 e. The van der Waals surface area contributed by atoms with E-state index in [4.69, 9.17) is 0 Å². The number of fused-ring (bicyclic) bond motifs is 1. The number of imide groups is 1. The molecule has 4 rings (SSSR count). The molecule has 1 aliphatic rings. The summed E-state index contributed by atoms with van der Waals surface area (Å²) in [5.41, 5.74) is 0.936. The summed E-state index contributed by atoms with van der Waals surface area (Å²) in [6.45, 7) is 3.36. The number of amides is 3. The van der Waals surface area contributed by atoms with Gasteiger partial charge in [-0.3, -0.25) is 24.3 Å². The first-order valence-corrected chi connectivity index (χ1v) is 10.1. The summed E-state index contributed by atoms with van der Waals surface area (Å²) >= 11 is 0. The van der Waals surface area contributed by atoms with Crippen molar-refractivity contribution in [2.75, 3.05) is 12.4 Å². The molecular weight excluding hydrogens is 451 g/mol. The van der Waals surface area contributed by atoms with Crippen LogP contribution in [0.5, 0.6) is 0 Å². The van der Waals surface area contributed by atoms with E-state index in [1.165, 1.54) is 25.4 Å². The topological polar surface area (TPSA) is 105 Å². The Bertz CT molecular complexity index is 1320. The number of nitrogens with zero attached hydrogens (tertiary/aromatic N) is 4. The molecule has 174 valence electrons. The van der Waals surface area contributed by atoms with Crippen LogP contribution in [0.2, 0.25) is 0 Å². The van der Waals surface area contributed by atoms with Gasteiger partial charge >= 0.3 is 6.18 Å². The lowest BCUT2D eigenvalue weighted by Gasteiger charge is -2.15. The molecule has 8 nitrogen and oxygen atoms in total. The predicted octanol–water partition coefficient (Wildman–Crippen LogP) is 3.83. The van der Waals surface area contributed by atoms with Gasteiger partial charge in [-0.05, 0) is 49.2 Å². The fourth-order valence-electron chi connectivity index (χ4n) is 3.67. The molecule has 3 heterocycles. The van der Waals surface area contributed by atoms with Gasteiger partial charge in [0.25, 0.3) is 11.8 Å². The minimum Gasteiger partial charge on any atom is -0.309 e. The third-order valence-corrected chi connectivity index (χ3v) is 5.50. The van der Waals surface area contributed by atoms with Crippen LogP contribution >= 0.6 is 0 Å². The fraction of sp³-hybridized carbons (Fsp3) is 0.217. The normalized spacial score (nSPS) is 14.2. The number of aromatic nitrogens is 3. The number of benzene rings is 1. The van der Waals surface area contributed by atoms with Crippen molar-refractivity contribution in [3.05, 3.63) is 70.5 Å². The van der Waals surface area contributed by atoms with E-state index in [1.54, 1.807) is 26.0 Å². The third kappa shape index (κ3) is 4.12. The summed E-state index contributed by atoms with van der Waals surface area (Å²) in [7, 11) is 1.38. The van der Waals surface area contributed by atoms with Gasteiger partial charge in [0.1, 0.15) is 0 Å². The molecule has 0 fully saturated rings. The lowest BCUT2D eigenvalue weighted by atomic mass is 9.90. The average molecular weight is 469 g/mol. The van der Waals surface area contributed by atoms with Crippen LogP contribution in [0, 0.1) is 6.92 Å². The number of pyridine rings is 1. The maximum atomic E-state index is 12.9. The SMILES string of the molecule is Cc1cc2c(c([C@H](C)C(=O)Nc3ccc(-c4cncc(C(F)(F)F)c4)nn3)c1)C(=O)N(C)C2=O. The molecule has 2 aromatic heterocycles. The first-order valence-electron chi connectivity index (χ1n) is 10.1. The Hall–Kier alpha value is -4.15. The van der Waals surface area contributed by atoms with Crippen molar-refractivity contribution in [3.63, 3.8) is 0 Å². The molecule has 0 spiro atoms. The van der Waals surface area contributed by atoms with E-state index in [0.29, 0.717) is 11.8 Å². The maximum Gasteiger partial charge on any atom is 0.417 e. The third-order valence-electron chi connectivity index (χ3n) is 5.50. The van der Waals surface area contributed by atoms with E-state index in [0.717, 1.165) is 16.5 Å². The molecule has 1 aliphatic heterocycles. The van der Waals surface area contributed by atoms with Crippen molar-refractivity contribution < 1.29 is 27.6 Å². The van der Waals surface area contributed by atoms with E-state index in [-0.39, 0.29) is 28.2 Å². The van der Waals surface area contributed by atoms with Gasteiger partial charge in [-0.1, -0.05) is 6.07 Å². The molecule has 3 aromatic rings. The molecule has 11 heteroatoms. The molecule has 1 N–H and O–H groups in total. The van der Waals surface area contributed by atoms with Gasteiger partial charge in [0.05, 0.1) is 28.3 Å². The average Bonchev–Trinajstić information content (AvgIpc) is 3.02. The number of alkyl halides is 3. The van der Waals surface area contributed by atoms with Gasteiger partial charge in [0.15, 0.2) is 5.82 Å². The van der Waals surface area contributed by atoms with Crippen molar-refractivity contribution in [2.24, 2.45) is 0 Å². The van der Waals surface area contributed by atoms with Crippen LogP contribution in [0.3, 0.4) is 0 Å². The molecule has 0 aliphatic carbocycles. The van der Waals surface area contributed by atoms with Gasteiger partial charge in [-0.15, -0.1) is 10.2 Å². The van der Waals surface area contributed by atoms with Crippen molar-refractivity contribution in [1.29, 1.82) is 0 Å². The van der Waals surface area contributed by atoms with E-state index in [2.05, 4.69) is 20.5 Å². The van der Waals surface area contributed by atoms with Crippen LogP contribution in [-0.2, 0) is 11.0 Å². The molecule has 0 saturated heterocycles. The number of carbonyl (C=O) groups is 3. The van der Waals surface area contributed by atoms with E-state index in [1.807, 2.05) is 0 Å². The van der Waals surface area contributed by atoms with Gasteiger partial charge in [-0.2, -0.15) is 13.2 Å². The first kappa shape index (κ1) is 23.0. The molecule has 1 atom stereocenters. The Labute approximate surface area is 191 Å². The summed E-state index contributed by atoms with van der Waals surface area (Å²) in [4.78, 5) is 42.4. The Balaban J connectivity index is 1.55. The Kier molecular flexibility index (Phi) is 5.64. The highest BCUT2D eigenvalue weighted by atomic mass is 19.4. The first-order chi connectivity index (χ1) is 16.0. The number of aryl methyl sites for hydroxylation is 1. The molecule has 0 bridgehead atoms. The molecule has 34 heavy (non-hydrogen) atoms. The lowest BCUT2D eigenvalue weighted by molar-refractivity contribution is -0.137. The van der Waals surface area contributed by atoms with Gasteiger partial charge < -0.3 is 5.32 Å². The second kappa shape index (κ2) is 8.32. The molecule has 0 saturated carbocycles. The summed E-state index contributed by atoms with van der Waals surface area (Å²) < 4.78 is 38.7. The van der Waals surface area contributed by atoms with E-state index >= 15 is 0 Å². The highest BCUT2D eigenvalue weighted by Crippen LogP contribution is 2.33. The number of anilines is 1. The Morgan fingerprint density at radius 1 is 1.06 bits per heavy atom. The van der Waals surface area contributed by atoms with Crippen molar-refractivity contribution in [1.82, 2.24) is 20.1 Å². The van der Waals surface area contributed by atoms with Crippen molar-refractivity contribution >= 4 is 23.5 Å². The molecule has 0 unspecified atom stereocenters. The summed E-state index contributed by atoms with van der Waals surface area (Å²) in [6, 6.07) is 7.01. The number of halogens is 3. The lowest BCUT2D eigenvalue weighted by Crippen LogP contribution is -2.25. The molecule has 0 radical (unpaired) electrons. The molecular formula is C23H18F3N5O3. The maximum absolute atomic E-state index is 12.9. The second-order valence-electron chi connectivity index (χ2n) is 7.92. The Morgan fingerprint density at radius 3 is 2.44 bits per heavy atom. The van der Waals surface area contributed by atoms with Crippen LogP contribution in [0.15, 0.2) is 42.7 Å². The van der Waals surface area contributed by atoms with Crippen LogP contribution in [0.25, 0.3) is 11.3 Å². The number of hydrogen-bond donors (Lipinski definition) is 1. The molecule has 1 aromatic carbocycles. The highest BCUT2D eigenvalue weighted by Gasteiger charge is 2.37. The van der Waals surface area contributed by atoms with Crippen LogP contribution in [-0.4, -0.2) is 44.9 Å². The van der Waals surface area contributed by atoms with Crippen molar-refractivity contribution in [3.8, 4) is 11.3 Å². The number of hydrogen-bond acceptors (Lipinski definition) is 6. The van der Waals surface area contributed by atoms with E-state index < -0.39 is 35.4 Å². The zero-order valence-electron chi connectivity index (χ0n) is 18.3. The summed E-state index contributed by atoms with van der Waals surface area (Å²) in [5, 5.41) is 10.3. The van der Waals surface area contributed by atoms with Crippen LogP contribution in [0.1, 0.15) is 50.2 Å². The quantitative estimate of drug-likeness (QED) is 0.583. The monoisotopic (exact) mass is 469 g/mol. The van der Waals surface area contributed by atoms with Gasteiger partial charge in [0.2, 0.25) is 5.91 Å². The Morgan fingerprint density at radius 2 is 1.79 bits per heavy atom. The number of carbonyl (C=O) groups excluding carboxylic acids is 3. The fourth-order valence-corrected chi connectivity index (χ4v) is 3.67. The summed E-state index contributed by atoms with van der Waals surface area (Å²) in [6.07, 6.45) is -2.60. The minimum atomic E-state index is -4.54. The standard InChI is InChI=1S/C23H18F3N5O3/c1-11-6-15(19-16(7-11)21(33)31(3)22(19)34)12(2)20(32)28-18-5-4-17(29-30-18)13-8-14(10-27-9-13)23(24,25)26/h4-10,12H,1-3H3,(H,28,30,32)/t12-/m0/s1. The minimum absolute atomic E-state index is 0.0735. The number of rotatable bonds is 4. The predicted molar refractivity (Wildman–Crippen MR) is 115 cm³/mol. The largest absolute Gasteiger partial charge is 0.417 e. The summed E-state index contributed by atoms with van der Waals surface area (Å²) in [5.74, 6) is -2.13. The van der Waals surface area contributed by atoms with E-state index in [9.17, 15) is 27.6 Å². The zero-order chi connectivity index (χ0) is 24.8. The van der Waals surface area contributed by atoms with Gasteiger partial charge in [0, 0.05) is 25.0 Å². The zero-order valence-corrected chi connectivity index (χ0v) is 18.3. The van der Waals surface area contributed by atoms with Gasteiger partial charge in [-0.25, -0.2) is 0 Å².